The van der Waals surface area contributed by atoms with E-state index in [1.54, 1.807) is 9.47 Å². The number of amides is 1. The first-order valence-corrected chi connectivity index (χ1v) is 13.6. The van der Waals surface area contributed by atoms with Gasteiger partial charge in [0.05, 0.1) is 19.7 Å². The van der Waals surface area contributed by atoms with Crippen LogP contribution in [-0.4, -0.2) is 52.6 Å². The summed E-state index contributed by atoms with van der Waals surface area (Å²) in [7, 11) is 1.22. The van der Waals surface area contributed by atoms with Crippen molar-refractivity contribution in [3.05, 3.63) is 136 Å². The SMILES string of the molecule is C=C/C(=C\C=C/C)C(c1ccccc1)N1CCN2C(=O)c3c(OCc4ccccc4)c(=O)c(C(=O)OC)cn3CC21. The molecule has 3 heterocycles. The molecule has 2 aliphatic heterocycles. The van der Waals surface area contributed by atoms with E-state index < -0.39 is 11.4 Å². The molecule has 41 heavy (non-hydrogen) atoms. The number of pyridine rings is 1. The van der Waals surface area contributed by atoms with Crippen molar-refractivity contribution in [2.75, 3.05) is 20.2 Å². The van der Waals surface area contributed by atoms with Gasteiger partial charge in [-0.05, 0) is 23.6 Å². The summed E-state index contributed by atoms with van der Waals surface area (Å²) in [5, 5.41) is 0. The van der Waals surface area contributed by atoms with E-state index in [9.17, 15) is 14.4 Å². The summed E-state index contributed by atoms with van der Waals surface area (Å²) >= 11 is 0. The van der Waals surface area contributed by atoms with Gasteiger partial charge < -0.3 is 18.9 Å². The van der Waals surface area contributed by atoms with Crippen molar-refractivity contribution in [1.82, 2.24) is 14.4 Å². The van der Waals surface area contributed by atoms with Crippen molar-refractivity contribution in [2.24, 2.45) is 0 Å². The first-order valence-electron chi connectivity index (χ1n) is 13.6. The largest absolute Gasteiger partial charge is 0.483 e. The fourth-order valence-corrected chi connectivity index (χ4v) is 5.56. The van der Waals surface area contributed by atoms with Gasteiger partial charge in [-0.2, -0.15) is 0 Å². The summed E-state index contributed by atoms with van der Waals surface area (Å²) in [6, 6.07) is 19.3. The van der Waals surface area contributed by atoms with Crippen LogP contribution in [0.1, 0.15) is 44.9 Å². The second-order valence-electron chi connectivity index (χ2n) is 9.89. The van der Waals surface area contributed by atoms with E-state index >= 15 is 0 Å². The van der Waals surface area contributed by atoms with Crippen molar-refractivity contribution in [3.63, 3.8) is 0 Å². The van der Waals surface area contributed by atoms with Crippen molar-refractivity contribution < 1.29 is 19.1 Å². The normalized spacial score (nSPS) is 17.7. The van der Waals surface area contributed by atoms with E-state index in [2.05, 4.69) is 23.6 Å². The van der Waals surface area contributed by atoms with Crippen LogP contribution >= 0.6 is 0 Å². The maximum Gasteiger partial charge on any atom is 0.343 e. The molecule has 2 aromatic carbocycles. The first kappa shape index (κ1) is 27.9. The van der Waals surface area contributed by atoms with Crippen LogP contribution in [0, 0.1) is 0 Å². The van der Waals surface area contributed by atoms with Crippen molar-refractivity contribution >= 4 is 11.9 Å². The molecule has 2 atom stereocenters. The number of hydrogen-bond acceptors (Lipinski definition) is 6. The summed E-state index contributed by atoms with van der Waals surface area (Å²) in [6.07, 6.45) is 8.92. The van der Waals surface area contributed by atoms with Gasteiger partial charge in [0, 0.05) is 19.3 Å². The van der Waals surface area contributed by atoms with Crippen molar-refractivity contribution in [1.29, 1.82) is 0 Å². The molecule has 1 amide bonds. The molecule has 2 aliphatic rings. The molecule has 8 heteroatoms. The average Bonchev–Trinajstić information content (AvgIpc) is 3.42. The van der Waals surface area contributed by atoms with Gasteiger partial charge in [-0.1, -0.05) is 91.5 Å². The minimum Gasteiger partial charge on any atom is -0.483 e. The molecule has 0 saturated carbocycles. The lowest BCUT2D eigenvalue weighted by Crippen LogP contribution is -2.51. The number of aromatic nitrogens is 1. The topological polar surface area (TPSA) is 81.1 Å². The van der Waals surface area contributed by atoms with E-state index in [0.717, 1.165) is 16.7 Å². The third kappa shape index (κ3) is 5.38. The molecule has 210 valence electrons. The van der Waals surface area contributed by atoms with E-state index in [-0.39, 0.29) is 41.7 Å². The third-order valence-electron chi connectivity index (χ3n) is 7.51. The predicted octanol–water partition coefficient (Wildman–Crippen LogP) is 4.74. The van der Waals surface area contributed by atoms with Gasteiger partial charge >= 0.3 is 5.97 Å². The van der Waals surface area contributed by atoms with Crippen LogP contribution in [0.25, 0.3) is 0 Å². The van der Waals surface area contributed by atoms with Crippen LogP contribution in [-0.2, 0) is 17.9 Å². The van der Waals surface area contributed by atoms with E-state index in [0.29, 0.717) is 19.6 Å². The zero-order chi connectivity index (χ0) is 28.9. The Morgan fingerprint density at radius 2 is 1.78 bits per heavy atom. The molecular weight excluding hydrogens is 518 g/mol. The standard InChI is InChI=1S/C33H33N3O5/c1-4-6-15-24(5-2)28(25-16-11-8-12-17-25)35-18-19-36-27(35)21-34-20-26(33(39)40-3)30(37)31(29(34)32(36)38)41-22-23-13-9-7-10-14-23/h4-17,20,27-28H,2,18-19,21-22H2,1,3H3/b6-4-,24-15+. The minimum absolute atomic E-state index is 0.0745. The zero-order valence-electron chi connectivity index (χ0n) is 23.2. The van der Waals surface area contributed by atoms with E-state index in [4.69, 9.17) is 9.47 Å². The van der Waals surface area contributed by atoms with Gasteiger partial charge in [-0.3, -0.25) is 14.5 Å². The summed E-state index contributed by atoms with van der Waals surface area (Å²) in [5.41, 5.74) is 2.21. The lowest BCUT2D eigenvalue weighted by Gasteiger charge is -2.40. The molecule has 2 unspecified atom stereocenters. The van der Waals surface area contributed by atoms with Gasteiger partial charge in [0.1, 0.15) is 18.3 Å². The highest BCUT2D eigenvalue weighted by molar-refractivity contribution is 5.98. The Morgan fingerprint density at radius 1 is 1.07 bits per heavy atom. The minimum atomic E-state index is -0.779. The molecule has 0 radical (unpaired) electrons. The number of carbonyl (C=O) groups excluding carboxylic acids is 2. The van der Waals surface area contributed by atoms with Crippen molar-refractivity contribution in [3.8, 4) is 5.75 Å². The second kappa shape index (κ2) is 12.2. The van der Waals surface area contributed by atoms with E-state index in [1.165, 1.54) is 13.3 Å². The molecule has 0 spiro atoms. The van der Waals surface area contributed by atoms with Crippen LogP contribution < -0.4 is 10.2 Å². The fourth-order valence-electron chi connectivity index (χ4n) is 5.56. The summed E-state index contributed by atoms with van der Waals surface area (Å²) in [6.45, 7) is 7.54. The highest BCUT2D eigenvalue weighted by Crippen LogP contribution is 2.38. The predicted molar refractivity (Wildman–Crippen MR) is 157 cm³/mol. The Morgan fingerprint density at radius 3 is 2.44 bits per heavy atom. The summed E-state index contributed by atoms with van der Waals surface area (Å²) in [4.78, 5) is 44.2. The summed E-state index contributed by atoms with van der Waals surface area (Å²) < 4.78 is 12.6. The Labute approximate surface area is 239 Å². The molecule has 3 aromatic rings. The number of carbonyl (C=O) groups is 2. The zero-order valence-corrected chi connectivity index (χ0v) is 23.2. The molecule has 0 N–H and O–H groups in total. The number of rotatable bonds is 9. The molecule has 0 aliphatic carbocycles. The molecule has 1 fully saturated rings. The number of esters is 1. The molecule has 0 bridgehead atoms. The van der Waals surface area contributed by atoms with Gasteiger partial charge in [-0.15, -0.1) is 0 Å². The van der Waals surface area contributed by atoms with Gasteiger partial charge in [-0.25, -0.2) is 4.79 Å². The lowest BCUT2D eigenvalue weighted by molar-refractivity contribution is 0.0443. The maximum absolute atomic E-state index is 14.0. The highest BCUT2D eigenvalue weighted by atomic mass is 16.5. The van der Waals surface area contributed by atoms with Crippen molar-refractivity contribution in [2.45, 2.75) is 32.3 Å². The lowest BCUT2D eigenvalue weighted by atomic mass is 9.95. The summed E-state index contributed by atoms with van der Waals surface area (Å²) in [5.74, 6) is -1.24. The smallest absolute Gasteiger partial charge is 0.343 e. The average molecular weight is 552 g/mol. The number of hydrogen-bond donors (Lipinski definition) is 0. The molecular formula is C33H33N3O5. The third-order valence-corrected chi connectivity index (χ3v) is 7.51. The number of benzene rings is 2. The van der Waals surface area contributed by atoms with Crippen LogP contribution in [0.15, 0.2) is 108 Å². The Kier molecular flexibility index (Phi) is 8.31. The van der Waals surface area contributed by atoms with Crippen LogP contribution in [0.2, 0.25) is 0 Å². The van der Waals surface area contributed by atoms with E-state index in [1.807, 2.05) is 79.8 Å². The molecule has 8 nitrogen and oxygen atoms in total. The van der Waals surface area contributed by atoms with Gasteiger partial charge in [0.25, 0.3) is 5.91 Å². The Bertz CT molecular complexity index is 1560. The highest BCUT2D eigenvalue weighted by Gasteiger charge is 2.45. The molecule has 1 saturated heterocycles. The number of ether oxygens (including phenoxy) is 2. The number of fused-ring (bicyclic) bond motifs is 2. The van der Waals surface area contributed by atoms with Gasteiger partial charge in [0.2, 0.25) is 5.43 Å². The van der Waals surface area contributed by atoms with Crippen LogP contribution in [0.4, 0.5) is 0 Å². The Balaban J connectivity index is 1.58. The van der Waals surface area contributed by atoms with Gasteiger partial charge in [0.15, 0.2) is 11.4 Å². The number of nitrogens with zero attached hydrogens (tertiary/aromatic N) is 3. The Hall–Kier alpha value is -4.69. The van der Waals surface area contributed by atoms with Crippen LogP contribution in [0.3, 0.4) is 0 Å². The van der Waals surface area contributed by atoms with Crippen LogP contribution in [0.5, 0.6) is 5.75 Å². The quantitative estimate of drug-likeness (QED) is 0.282. The fraction of sp³-hybridized carbons (Fsp3) is 0.242. The molecule has 5 rings (SSSR count). The number of methoxy groups -OCH3 is 1. The number of allylic oxidation sites excluding steroid dienone is 3. The first-order chi connectivity index (χ1) is 20.0. The monoisotopic (exact) mass is 551 g/mol. The second-order valence-corrected chi connectivity index (χ2v) is 9.89. The molecule has 1 aromatic heterocycles. The maximum atomic E-state index is 14.0.